The predicted molar refractivity (Wildman–Crippen MR) is 111 cm³/mol. The lowest BCUT2D eigenvalue weighted by atomic mass is 10.0. The first kappa shape index (κ1) is 19.0. The molecule has 1 N–H and O–H groups in total. The average molecular weight is 392 g/mol. The molecule has 1 atom stereocenters. The van der Waals surface area contributed by atoms with Crippen molar-refractivity contribution < 1.29 is 9.21 Å². The standard InChI is InChI=1S/C22H24N4O3/c1-15(17-7-4-3-5-8-17)14-23-21(27)9-6-11-25-22(28)19-13-20-18(10-12-29-20)26(19)16(2)24-25/h3-5,7-8,10,12-13,15H,6,9,11,14H2,1-2H3,(H,23,27)/t15-/m0/s1. The van der Waals surface area contributed by atoms with Crippen LogP contribution in [-0.4, -0.2) is 26.6 Å². The maximum absolute atomic E-state index is 12.7. The molecule has 4 rings (SSSR count). The molecule has 3 heterocycles. The van der Waals surface area contributed by atoms with Gasteiger partial charge in [0.25, 0.3) is 5.56 Å². The summed E-state index contributed by atoms with van der Waals surface area (Å²) in [6.45, 7) is 4.93. The second kappa shape index (κ2) is 7.95. The monoisotopic (exact) mass is 392 g/mol. The van der Waals surface area contributed by atoms with Crippen molar-refractivity contribution >= 4 is 22.5 Å². The molecule has 0 aliphatic heterocycles. The van der Waals surface area contributed by atoms with Gasteiger partial charge < -0.3 is 9.73 Å². The third kappa shape index (κ3) is 3.81. The Morgan fingerprint density at radius 3 is 2.79 bits per heavy atom. The lowest BCUT2D eigenvalue weighted by Gasteiger charge is -2.13. The zero-order chi connectivity index (χ0) is 20.4. The Morgan fingerprint density at radius 1 is 1.21 bits per heavy atom. The molecule has 4 aromatic rings. The first-order chi connectivity index (χ1) is 14.0. The summed E-state index contributed by atoms with van der Waals surface area (Å²) in [5.74, 6) is 0.943. The fourth-order valence-corrected chi connectivity index (χ4v) is 3.62. The van der Waals surface area contributed by atoms with Crippen LogP contribution in [0.3, 0.4) is 0 Å². The van der Waals surface area contributed by atoms with Gasteiger partial charge in [-0.2, -0.15) is 5.10 Å². The maximum atomic E-state index is 12.7. The number of hydrogen-bond donors (Lipinski definition) is 1. The Labute approximate surface area is 167 Å². The molecular formula is C22H24N4O3. The molecule has 0 radical (unpaired) electrons. The van der Waals surface area contributed by atoms with E-state index >= 15 is 0 Å². The van der Waals surface area contributed by atoms with E-state index in [0.29, 0.717) is 42.9 Å². The van der Waals surface area contributed by atoms with Crippen LogP contribution in [0.4, 0.5) is 0 Å². The molecule has 0 saturated carbocycles. The molecular weight excluding hydrogens is 368 g/mol. The zero-order valence-electron chi connectivity index (χ0n) is 16.6. The number of carbonyl (C=O) groups is 1. The largest absolute Gasteiger partial charge is 0.463 e. The summed E-state index contributed by atoms with van der Waals surface area (Å²) < 4.78 is 8.63. The molecule has 29 heavy (non-hydrogen) atoms. The first-order valence-electron chi connectivity index (χ1n) is 9.82. The van der Waals surface area contributed by atoms with Gasteiger partial charge in [-0.05, 0) is 24.8 Å². The molecule has 150 valence electrons. The van der Waals surface area contributed by atoms with E-state index in [2.05, 4.69) is 29.5 Å². The van der Waals surface area contributed by atoms with Crippen LogP contribution in [-0.2, 0) is 11.3 Å². The van der Waals surface area contributed by atoms with Gasteiger partial charge in [-0.3, -0.25) is 14.0 Å². The van der Waals surface area contributed by atoms with Crippen LogP contribution >= 0.6 is 0 Å². The molecule has 3 aromatic heterocycles. The lowest BCUT2D eigenvalue weighted by molar-refractivity contribution is -0.121. The summed E-state index contributed by atoms with van der Waals surface area (Å²) in [5.41, 5.74) is 3.05. The fraction of sp³-hybridized carbons (Fsp3) is 0.318. The van der Waals surface area contributed by atoms with Gasteiger partial charge in [-0.25, -0.2) is 4.68 Å². The van der Waals surface area contributed by atoms with Crippen LogP contribution < -0.4 is 10.9 Å². The molecule has 1 amide bonds. The fourth-order valence-electron chi connectivity index (χ4n) is 3.62. The van der Waals surface area contributed by atoms with Gasteiger partial charge in [0.1, 0.15) is 11.3 Å². The van der Waals surface area contributed by atoms with Gasteiger partial charge in [0.2, 0.25) is 5.91 Å². The summed E-state index contributed by atoms with van der Waals surface area (Å²) in [7, 11) is 0. The van der Waals surface area contributed by atoms with E-state index in [1.165, 1.54) is 10.2 Å². The number of aryl methyl sites for hydroxylation is 2. The third-order valence-corrected chi connectivity index (χ3v) is 5.21. The van der Waals surface area contributed by atoms with Gasteiger partial charge in [0, 0.05) is 31.6 Å². The summed E-state index contributed by atoms with van der Waals surface area (Å²) in [5, 5.41) is 7.38. The molecule has 0 aliphatic rings. The number of carbonyl (C=O) groups excluding carboxylic acids is 1. The quantitative estimate of drug-likeness (QED) is 0.523. The van der Waals surface area contributed by atoms with Crippen LogP contribution in [0.1, 0.15) is 37.1 Å². The van der Waals surface area contributed by atoms with Gasteiger partial charge >= 0.3 is 0 Å². The number of nitrogens with zero attached hydrogens (tertiary/aromatic N) is 3. The molecule has 1 aromatic carbocycles. The number of nitrogens with one attached hydrogen (secondary N) is 1. The van der Waals surface area contributed by atoms with Crippen LogP contribution in [0.2, 0.25) is 0 Å². The van der Waals surface area contributed by atoms with Crippen molar-refractivity contribution in [1.29, 1.82) is 0 Å². The molecule has 0 saturated heterocycles. The molecule has 0 spiro atoms. The maximum Gasteiger partial charge on any atom is 0.291 e. The highest BCUT2D eigenvalue weighted by molar-refractivity contribution is 5.82. The van der Waals surface area contributed by atoms with Crippen LogP contribution in [0.25, 0.3) is 16.6 Å². The van der Waals surface area contributed by atoms with Crippen molar-refractivity contribution in [2.45, 2.75) is 39.2 Å². The molecule has 0 unspecified atom stereocenters. The second-order valence-electron chi connectivity index (χ2n) is 7.33. The van der Waals surface area contributed by atoms with E-state index in [-0.39, 0.29) is 17.4 Å². The van der Waals surface area contributed by atoms with Crippen molar-refractivity contribution in [1.82, 2.24) is 19.5 Å². The number of amides is 1. The van der Waals surface area contributed by atoms with Crippen molar-refractivity contribution in [3.8, 4) is 0 Å². The topological polar surface area (TPSA) is 81.5 Å². The second-order valence-corrected chi connectivity index (χ2v) is 7.33. The highest BCUT2D eigenvalue weighted by Crippen LogP contribution is 2.20. The summed E-state index contributed by atoms with van der Waals surface area (Å²) in [4.78, 5) is 24.9. The van der Waals surface area contributed by atoms with E-state index in [1.807, 2.05) is 31.2 Å². The predicted octanol–water partition coefficient (Wildman–Crippen LogP) is 3.25. The minimum atomic E-state index is -0.180. The Kier molecular flexibility index (Phi) is 5.20. The van der Waals surface area contributed by atoms with E-state index < -0.39 is 0 Å². The van der Waals surface area contributed by atoms with Crippen molar-refractivity contribution in [2.75, 3.05) is 6.54 Å². The van der Waals surface area contributed by atoms with Crippen molar-refractivity contribution in [3.63, 3.8) is 0 Å². The van der Waals surface area contributed by atoms with E-state index in [4.69, 9.17) is 4.42 Å². The SMILES string of the molecule is Cc1nn(CCCC(=O)NC[C@H](C)c2ccccc2)c(=O)c2cc3occc3n12. The smallest absolute Gasteiger partial charge is 0.291 e. The Balaban J connectivity index is 1.35. The summed E-state index contributed by atoms with van der Waals surface area (Å²) >= 11 is 0. The summed E-state index contributed by atoms with van der Waals surface area (Å²) in [6.07, 6.45) is 2.49. The van der Waals surface area contributed by atoms with E-state index in [1.54, 1.807) is 16.7 Å². The number of aromatic nitrogens is 3. The number of fused-ring (bicyclic) bond motifs is 3. The normalized spacial score (nSPS) is 12.5. The van der Waals surface area contributed by atoms with Crippen LogP contribution in [0.5, 0.6) is 0 Å². The Morgan fingerprint density at radius 2 is 2.00 bits per heavy atom. The van der Waals surface area contributed by atoms with Gasteiger partial charge in [0.15, 0.2) is 5.58 Å². The minimum Gasteiger partial charge on any atom is -0.463 e. The number of furan rings is 1. The molecule has 7 heteroatoms. The lowest BCUT2D eigenvalue weighted by Crippen LogP contribution is -2.29. The number of hydrogen-bond acceptors (Lipinski definition) is 4. The number of rotatable bonds is 7. The van der Waals surface area contributed by atoms with Crippen molar-refractivity contribution in [3.05, 3.63) is 70.5 Å². The van der Waals surface area contributed by atoms with Gasteiger partial charge in [-0.15, -0.1) is 0 Å². The van der Waals surface area contributed by atoms with Gasteiger partial charge in [0.05, 0.1) is 11.8 Å². The molecule has 7 nitrogen and oxygen atoms in total. The Bertz CT molecular complexity index is 1200. The van der Waals surface area contributed by atoms with Crippen molar-refractivity contribution in [2.24, 2.45) is 0 Å². The molecule has 0 aliphatic carbocycles. The highest BCUT2D eigenvalue weighted by atomic mass is 16.3. The first-order valence-corrected chi connectivity index (χ1v) is 9.82. The van der Waals surface area contributed by atoms with Crippen LogP contribution in [0.15, 0.2) is 57.9 Å². The third-order valence-electron chi connectivity index (χ3n) is 5.21. The molecule has 0 fully saturated rings. The van der Waals surface area contributed by atoms with E-state index in [9.17, 15) is 9.59 Å². The average Bonchev–Trinajstić information content (AvgIpc) is 3.32. The summed E-state index contributed by atoms with van der Waals surface area (Å²) in [6, 6.07) is 13.7. The highest BCUT2D eigenvalue weighted by Gasteiger charge is 2.14. The number of benzene rings is 1. The zero-order valence-corrected chi connectivity index (χ0v) is 16.6. The Hall–Kier alpha value is -3.35. The van der Waals surface area contributed by atoms with E-state index in [0.717, 1.165) is 5.52 Å². The van der Waals surface area contributed by atoms with Gasteiger partial charge in [-0.1, -0.05) is 37.3 Å². The minimum absolute atomic E-state index is 0.0150. The van der Waals surface area contributed by atoms with Crippen LogP contribution in [0, 0.1) is 6.92 Å². The molecule has 0 bridgehead atoms.